The highest BCUT2D eigenvalue weighted by Crippen LogP contribution is 2.38. The summed E-state index contributed by atoms with van der Waals surface area (Å²) in [5.41, 5.74) is 1.20. The Morgan fingerprint density at radius 2 is 2.17 bits per heavy atom. The first-order valence-electron chi connectivity index (χ1n) is 8.04. The molecule has 1 aromatic heterocycles. The second kappa shape index (κ2) is 6.81. The summed E-state index contributed by atoms with van der Waals surface area (Å²) in [4.78, 5) is 18.4. The molecule has 0 bridgehead atoms. The van der Waals surface area contributed by atoms with Crippen LogP contribution in [0.2, 0.25) is 0 Å². The fourth-order valence-corrected chi connectivity index (χ4v) is 3.04. The minimum atomic E-state index is -0.00124. The third-order valence-corrected chi connectivity index (χ3v) is 4.17. The average molecular weight is 314 g/mol. The van der Waals surface area contributed by atoms with Crippen molar-refractivity contribution in [1.82, 2.24) is 20.4 Å². The number of benzene rings is 1. The van der Waals surface area contributed by atoms with Crippen LogP contribution in [-0.4, -0.2) is 34.2 Å². The van der Waals surface area contributed by atoms with Gasteiger partial charge in [-0.3, -0.25) is 0 Å². The van der Waals surface area contributed by atoms with Crippen LogP contribution in [0.25, 0.3) is 0 Å². The van der Waals surface area contributed by atoms with Crippen LogP contribution in [0, 0.1) is 12.8 Å². The van der Waals surface area contributed by atoms with Crippen LogP contribution < -0.4 is 5.32 Å². The summed E-state index contributed by atoms with van der Waals surface area (Å²) in [5.74, 6) is 1.75. The van der Waals surface area contributed by atoms with E-state index in [4.69, 9.17) is 4.52 Å². The predicted octanol–water partition coefficient (Wildman–Crippen LogP) is 2.71. The Labute approximate surface area is 135 Å². The maximum Gasteiger partial charge on any atom is 0.317 e. The van der Waals surface area contributed by atoms with Gasteiger partial charge in [0.25, 0.3) is 0 Å². The summed E-state index contributed by atoms with van der Waals surface area (Å²) in [7, 11) is 0. The molecule has 23 heavy (non-hydrogen) atoms. The lowest BCUT2D eigenvalue weighted by molar-refractivity contribution is 0.0593. The van der Waals surface area contributed by atoms with Crippen molar-refractivity contribution in [3.63, 3.8) is 0 Å². The molecular weight excluding hydrogens is 292 g/mol. The highest BCUT2D eigenvalue weighted by atomic mass is 16.5. The standard InChI is InChI=1S/C17H22N4O2/c1-12-11-21(16(12)14-7-4-3-5-8-14)17(22)18-10-6-9-15-19-13(2)20-23-15/h3-5,7-8,12,16H,6,9-11H2,1-2H3,(H,18,22)/t12-,16+/m1/s1. The molecule has 0 spiro atoms. The maximum atomic E-state index is 12.3. The number of rotatable bonds is 5. The van der Waals surface area contributed by atoms with Gasteiger partial charge >= 0.3 is 6.03 Å². The zero-order chi connectivity index (χ0) is 16.2. The molecule has 2 amide bonds. The summed E-state index contributed by atoms with van der Waals surface area (Å²) < 4.78 is 5.06. The van der Waals surface area contributed by atoms with E-state index in [0.29, 0.717) is 30.6 Å². The lowest BCUT2D eigenvalue weighted by Gasteiger charge is -2.46. The zero-order valence-electron chi connectivity index (χ0n) is 13.5. The van der Waals surface area contributed by atoms with Crippen molar-refractivity contribution in [3.05, 3.63) is 47.6 Å². The van der Waals surface area contributed by atoms with Crippen molar-refractivity contribution in [1.29, 1.82) is 0 Å². The molecule has 0 unspecified atom stereocenters. The van der Waals surface area contributed by atoms with Crippen molar-refractivity contribution < 1.29 is 9.32 Å². The minimum Gasteiger partial charge on any atom is -0.339 e. The minimum absolute atomic E-state index is 0.00124. The number of hydrogen-bond donors (Lipinski definition) is 1. The molecule has 6 nitrogen and oxygen atoms in total. The van der Waals surface area contributed by atoms with Crippen LogP contribution in [-0.2, 0) is 6.42 Å². The van der Waals surface area contributed by atoms with Gasteiger partial charge in [0, 0.05) is 19.5 Å². The maximum absolute atomic E-state index is 12.3. The summed E-state index contributed by atoms with van der Waals surface area (Å²) in [6.07, 6.45) is 1.46. The van der Waals surface area contributed by atoms with E-state index >= 15 is 0 Å². The van der Waals surface area contributed by atoms with Crippen LogP contribution in [0.3, 0.4) is 0 Å². The molecule has 0 aliphatic carbocycles. The Morgan fingerprint density at radius 3 is 2.83 bits per heavy atom. The highest BCUT2D eigenvalue weighted by Gasteiger charge is 2.39. The molecule has 1 fully saturated rings. The lowest BCUT2D eigenvalue weighted by Crippen LogP contribution is -2.55. The molecule has 1 N–H and O–H groups in total. The molecule has 1 aromatic carbocycles. The fourth-order valence-electron chi connectivity index (χ4n) is 3.04. The Bertz CT molecular complexity index is 656. The quantitative estimate of drug-likeness (QED) is 0.861. The number of carbonyl (C=O) groups is 1. The topological polar surface area (TPSA) is 71.3 Å². The van der Waals surface area contributed by atoms with Gasteiger partial charge in [-0.1, -0.05) is 42.4 Å². The van der Waals surface area contributed by atoms with Crippen molar-refractivity contribution in [2.75, 3.05) is 13.1 Å². The van der Waals surface area contributed by atoms with Crippen molar-refractivity contribution in [3.8, 4) is 0 Å². The SMILES string of the molecule is Cc1noc(CCCNC(=O)N2C[C@@H](C)[C@H]2c2ccccc2)n1. The number of aromatic nitrogens is 2. The predicted molar refractivity (Wildman–Crippen MR) is 85.8 cm³/mol. The summed E-state index contributed by atoms with van der Waals surface area (Å²) in [5, 5.41) is 6.73. The van der Waals surface area contributed by atoms with E-state index in [1.165, 1.54) is 5.56 Å². The molecule has 3 rings (SSSR count). The molecule has 1 aliphatic heterocycles. The number of nitrogens with one attached hydrogen (secondary N) is 1. The fraction of sp³-hybridized carbons (Fsp3) is 0.471. The molecule has 122 valence electrons. The smallest absolute Gasteiger partial charge is 0.317 e. The number of hydrogen-bond acceptors (Lipinski definition) is 4. The van der Waals surface area contributed by atoms with Crippen molar-refractivity contribution in [2.45, 2.75) is 32.7 Å². The van der Waals surface area contributed by atoms with E-state index in [1.807, 2.05) is 23.1 Å². The van der Waals surface area contributed by atoms with Crippen molar-refractivity contribution >= 4 is 6.03 Å². The van der Waals surface area contributed by atoms with E-state index < -0.39 is 0 Å². The van der Waals surface area contributed by atoms with Gasteiger partial charge < -0.3 is 14.7 Å². The van der Waals surface area contributed by atoms with Crippen LogP contribution >= 0.6 is 0 Å². The van der Waals surface area contributed by atoms with E-state index in [-0.39, 0.29) is 12.1 Å². The molecule has 2 heterocycles. The van der Waals surface area contributed by atoms with Gasteiger partial charge in [-0.05, 0) is 24.8 Å². The first-order valence-corrected chi connectivity index (χ1v) is 8.04. The highest BCUT2D eigenvalue weighted by molar-refractivity contribution is 5.75. The number of nitrogens with zero attached hydrogens (tertiary/aromatic N) is 3. The first-order chi connectivity index (χ1) is 11.1. The Morgan fingerprint density at radius 1 is 1.39 bits per heavy atom. The number of urea groups is 1. The number of amides is 2. The lowest BCUT2D eigenvalue weighted by atomic mass is 9.85. The molecule has 2 aromatic rings. The Kier molecular flexibility index (Phi) is 4.60. The van der Waals surface area contributed by atoms with E-state index in [1.54, 1.807) is 6.92 Å². The monoisotopic (exact) mass is 314 g/mol. The van der Waals surface area contributed by atoms with Gasteiger partial charge in [-0.25, -0.2) is 4.79 Å². The number of likely N-dealkylation sites (tertiary alicyclic amines) is 1. The first kappa shape index (κ1) is 15.5. The third kappa shape index (κ3) is 3.52. The second-order valence-corrected chi connectivity index (χ2v) is 6.06. The molecule has 6 heteroatoms. The third-order valence-electron chi connectivity index (χ3n) is 4.17. The van der Waals surface area contributed by atoms with Crippen molar-refractivity contribution in [2.24, 2.45) is 5.92 Å². The summed E-state index contributed by atoms with van der Waals surface area (Å²) >= 11 is 0. The van der Waals surface area contributed by atoms with Crippen LogP contribution in [0.5, 0.6) is 0 Å². The largest absolute Gasteiger partial charge is 0.339 e. The van der Waals surface area contributed by atoms with Crippen LogP contribution in [0.15, 0.2) is 34.9 Å². The summed E-state index contributed by atoms with van der Waals surface area (Å²) in [6.45, 7) is 5.38. The van der Waals surface area contributed by atoms with Crippen LogP contribution in [0.4, 0.5) is 4.79 Å². The van der Waals surface area contributed by atoms with Gasteiger partial charge in [0.15, 0.2) is 5.82 Å². The van der Waals surface area contributed by atoms with Gasteiger partial charge in [0.2, 0.25) is 5.89 Å². The zero-order valence-corrected chi connectivity index (χ0v) is 13.5. The van der Waals surface area contributed by atoms with Gasteiger partial charge in [-0.15, -0.1) is 0 Å². The number of carbonyl (C=O) groups excluding carboxylic acids is 1. The van der Waals surface area contributed by atoms with Gasteiger partial charge in [0.1, 0.15) is 0 Å². The molecule has 1 saturated heterocycles. The molecule has 2 atom stereocenters. The second-order valence-electron chi connectivity index (χ2n) is 6.06. The van der Waals surface area contributed by atoms with Gasteiger partial charge in [0.05, 0.1) is 6.04 Å². The van der Waals surface area contributed by atoms with E-state index in [2.05, 4.69) is 34.5 Å². The number of aryl methyl sites for hydroxylation is 2. The normalized spacial score (nSPS) is 20.2. The van der Waals surface area contributed by atoms with E-state index in [9.17, 15) is 4.79 Å². The molecular formula is C17H22N4O2. The molecule has 0 radical (unpaired) electrons. The average Bonchev–Trinajstić information content (AvgIpc) is 2.95. The molecule has 1 aliphatic rings. The van der Waals surface area contributed by atoms with E-state index in [0.717, 1.165) is 13.0 Å². The Balaban J connectivity index is 1.46. The van der Waals surface area contributed by atoms with Crippen LogP contribution in [0.1, 0.15) is 36.7 Å². The molecule has 0 saturated carbocycles. The summed E-state index contributed by atoms with van der Waals surface area (Å²) in [6, 6.07) is 10.4. The van der Waals surface area contributed by atoms with Gasteiger partial charge in [-0.2, -0.15) is 4.98 Å². The Hall–Kier alpha value is -2.37.